The molecule has 0 bridgehead atoms. The van der Waals surface area contributed by atoms with Gasteiger partial charge in [-0.25, -0.2) is 9.59 Å². The molecule has 0 saturated carbocycles. The lowest BCUT2D eigenvalue weighted by molar-refractivity contribution is -0.152. The Kier molecular flexibility index (Phi) is 8.80. The third-order valence-electron chi connectivity index (χ3n) is 7.07. The molecule has 4 rings (SSSR count). The van der Waals surface area contributed by atoms with E-state index in [1.54, 1.807) is 40.9 Å². The Labute approximate surface area is 243 Å². The Morgan fingerprint density at radius 3 is 2.23 bits per heavy atom. The van der Waals surface area contributed by atoms with Gasteiger partial charge in [-0.2, -0.15) is 0 Å². The zero-order valence-corrected chi connectivity index (χ0v) is 24.6. The van der Waals surface area contributed by atoms with Gasteiger partial charge in [-0.1, -0.05) is 41.9 Å². The number of aryl methyl sites for hydroxylation is 2. The van der Waals surface area contributed by atoms with Gasteiger partial charge >= 0.3 is 12.1 Å². The summed E-state index contributed by atoms with van der Waals surface area (Å²) in [6, 6.07) is 17.9. The Hall–Kier alpha value is -3.49. The van der Waals surface area contributed by atoms with Gasteiger partial charge in [0.25, 0.3) is 0 Å². The number of carboxylic acids is 1. The van der Waals surface area contributed by atoms with Crippen LogP contribution in [0.1, 0.15) is 46.8 Å². The fourth-order valence-corrected chi connectivity index (χ4v) is 5.47. The number of carboxylic acid groups (broad SMARTS) is 1. The van der Waals surface area contributed by atoms with Crippen LogP contribution in [0.4, 0.5) is 4.79 Å². The molecule has 1 amide bonds. The zero-order valence-electron chi connectivity index (χ0n) is 23.1. The number of Topliss-reactive ketones (excluding diaryl/α,β-unsaturated/α-hetero) is 1. The molecule has 1 aliphatic heterocycles. The van der Waals surface area contributed by atoms with E-state index >= 15 is 0 Å². The summed E-state index contributed by atoms with van der Waals surface area (Å²) in [5.41, 5.74) is 1.54. The molecule has 40 heavy (non-hydrogen) atoms. The molecule has 210 valence electrons. The average Bonchev–Trinajstić information content (AvgIpc) is 3.36. The number of amides is 1. The van der Waals surface area contributed by atoms with Crippen LogP contribution in [0.2, 0.25) is 5.02 Å². The van der Waals surface area contributed by atoms with E-state index in [1.807, 2.05) is 56.5 Å². The molecule has 7 nitrogen and oxygen atoms in total. The highest BCUT2D eigenvalue weighted by molar-refractivity contribution is 7.98. The van der Waals surface area contributed by atoms with Crippen LogP contribution in [-0.2, 0) is 4.79 Å². The van der Waals surface area contributed by atoms with E-state index < -0.39 is 23.6 Å². The first-order valence-corrected chi connectivity index (χ1v) is 14.4. The van der Waals surface area contributed by atoms with Crippen LogP contribution in [0, 0.1) is 19.8 Å². The lowest BCUT2D eigenvalue weighted by Crippen LogP contribution is -2.38. The van der Waals surface area contributed by atoms with Gasteiger partial charge in [0.15, 0.2) is 11.4 Å². The topological polar surface area (TPSA) is 93.1 Å². The average molecular weight is 582 g/mol. The van der Waals surface area contributed by atoms with Crippen LogP contribution in [0.3, 0.4) is 0 Å². The molecule has 0 radical (unpaired) electrons. The smallest absolute Gasteiger partial charge is 0.415 e. The van der Waals surface area contributed by atoms with Gasteiger partial charge in [-0.15, -0.1) is 11.8 Å². The number of nitrogens with zero attached hydrogens (tertiary/aromatic N) is 1. The van der Waals surface area contributed by atoms with Crippen LogP contribution >= 0.6 is 23.4 Å². The van der Waals surface area contributed by atoms with Crippen molar-refractivity contribution in [2.45, 2.75) is 44.1 Å². The van der Waals surface area contributed by atoms with Gasteiger partial charge in [-0.3, -0.25) is 4.79 Å². The van der Waals surface area contributed by atoms with Crippen LogP contribution in [0.5, 0.6) is 11.5 Å². The Morgan fingerprint density at radius 1 is 1.00 bits per heavy atom. The first kappa shape index (κ1) is 29.5. The van der Waals surface area contributed by atoms with Crippen molar-refractivity contribution >= 4 is 41.2 Å². The fraction of sp³-hybridized carbons (Fsp3) is 0.323. The maximum Gasteiger partial charge on any atom is 0.415 e. The van der Waals surface area contributed by atoms with Crippen molar-refractivity contribution in [3.63, 3.8) is 0 Å². The maximum absolute atomic E-state index is 13.8. The van der Waals surface area contributed by atoms with Gasteiger partial charge in [0.05, 0.1) is 0 Å². The second-order valence-electron chi connectivity index (χ2n) is 10.4. The molecule has 0 spiro atoms. The predicted octanol–water partition coefficient (Wildman–Crippen LogP) is 7.02. The highest BCUT2D eigenvalue weighted by Gasteiger charge is 2.42. The van der Waals surface area contributed by atoms with E-state index in [2.05, 4.69) is 0 Å². The number of carbonyl (C=O) groups is 3. The molecule has 1 fully saturated rings. The normalized spacial score (nSPS) is 17.0. The zero-order chi connectivity index (χ0) is 29.2. The summed E-state index contributed by atoms with van der Waals surface area (Å²) < 4.78 is 11.5. The number of ether oxygens (including phenoxy) is 2. The van der Waals surface area contributed by atoms with E-state index in [-0.39, 0.29) is 24.8 Å². The highest BCUT2D eigenvalue weighted by Crippen LogP contribution is 2.39. The van der Waals surface area contributed by atoms with E-state index in [0.29, 0.717) is 22.1 Å². The first-order valence-electron chi connectivity index (χ1n) is 12.8. The van der Waals surface area contributed by atoms with Gasteiger partial charge in [0.2, 0.25) is 0 Å². The van der Waals surface area contributed by atoms with Crippen LogP contribution in [-0.4, -0.2) is 52.8 Å². The molecule has 9 heteroatoms. The SMILES string of the molecule is CSc1ccc(C(=O)C2CN(C(=O)Oc3cccc(Cl)c3)C[C@@H]2c2cc(C)c(OC(C)(C)C(=O)O)c(C)c2)cc1. The predicted molar refractivity (Wildman–Crippen MR) is 156 cm³/mol. The third-order valence-corrected chi connectivity index (χ3v) is 8.05. The number of halogens is 1. The summed E-state index contributed by atoms with van der Waals surface area (Å²) in [5, 5.41) is 9.98. The Morgan fingerprint density at radius 2 is 1.65 bits per heavy atom. The number of hydrogen-bond donors (Lipinski definition) is 1. The van der Waals surface area contributed by atoms with Gasteiger partial charge in [0.1, 0.15) is 11.5 Å². The summed E-state index contributed by atoms with van der Waals surface area (Å²) in [7, 11) is 0. The minimum absolute atomic E-state index is 0.0571. The molecular weight excluding hydrogens is 550 g/mol. The van der Waals surface area contributed by atoms with Crippen molar-refractivity contribution in [3.05, 3.63) is 87.9 Å². The number of rotatable bonds is 8. The third kappa shape index (κ3) is 6.45. The molecule has 1 saturated heterocycles. The number of thioether (sulfide) groups is 1. The van der Waals surface area contributed by atoms with Crippen LogP contribution in [0.15, 0.2) is 65.6 Å². The summed E-state index contributed by atoms with van der Waals surface area (Å²) in [6.07, 6.45) is 1.42. The number of hydrogen-bond acceptors (Lipinski definition) is 6. The second-order valence-corrected chi connectivity index (χ2v) is 11.8. The number of likely N-dealkylation sites (tertiary alicyclic amines) is 1. The molecule has 1 unspecified atom stereocenters. The van der Waals surface area contributed by atoms with Crippen molar-refractivity contribution < 1.29 is 29.0 Å². The summed E-state index contributed by atoms with van der Waals surface area (Å²) in [6.45, 7) is 7.16. The Balaban J connectivity index is 1.67. The lowest BCUT2D eigenvalue weighted by atomic mass is 9.82. The molecule has 0 aliphatic carbocycles. The molecule has 1 N–H and O–H groups in total. The van der Waals surface area contributed by atoms with Crippen molar-refractivity contribution in [3.8, 4) is 11.5 Å². The molecule has 0 aromatic heterocycles. The number of benzene rings is 3. The van der Waals surface area contributed by atoms with E-state index in [9.17, 15) is 19.5 Å². The number of aliphatic carboxylic acids is 1. The van der Waals surface area contributed by atoms with Crippen molar-refractivity contribution in [1.82, 2.24) is 4.90 Å². The van der Waals surface area contributed by atoms with Crippen LogP contribution < -0.4 is 9.47 Å². The minimum Gasteiger partial charge on any atom is -0.478 e. The lowest BCUT2D eigenvalue weighted by Gasteiger charge is -2.26. The van der Waals surface area contributed by atoms with Crippen molar-refractivity contribution in [2.75, 3.05) is 19.3 Å². The van der Waals surface area contributed by atoms with E-state index in [1.165, 1.54) is 13.8 Å². The molecule has 3 aromatic rings. The molecule has 3 aromatic carbocycles. The molecular formula is C31H32ClNO6S. The highest BCUT2D eigenvalue weighted by atomic mass is 35.5. The molecule has 2 atom stereocenters. The molecule has 1 heterocycles. The van der Waals surface area contributed by atoms with E-state index in [4.69, 9.17) is 21.1 Å². The van der Waals surface area contributed by atoms with Gasteiger partial charge in [0, 0.05) is 40.4 Å². The van der Waals surface area contributed by atoms with Crippen molar-refractivity contribution in [1.29, 1.82) is 0 Å². The summed E-state index contributed by atoms with van der Waals surface area (Å²) in [4.78, 5) is 41.2. The van der Waals surface area contributed by atoms with Gasteiger partial charge in [-0.05, 0) is 81.0 Å². The first-order chi connectivity index (χ1) is 18.9. The Bertz CT molecular complexity index is 1410. The van der Waals surface area contributed by atoms with E-state index in [0.717, 1.165) is 21.6 Å². The van der Waals surface area contributed by atoms with Crippen LogP contribution in [0.25, 0.3) is 0 Å². The fourth-order valence-electron chi connectivity index (χ4n) is 4.88. The largest absolute Gasteiger partial charge is 0.478 e. The van der Waals surface area contributed by atoms with Gasteiger partial charge < -0.3 is 19.5 Å². The standard InChI is InChI=1S/C31H32ClNO6S/c1-18-13-21(14-19(2)28(18)39-31(3,4)29(35)36)25-16-33(30(37)38-23-8-6-7-22(32)15-23)17-26(25)27(34)20-9-11-24(40-5)12-10-20/h6-15,25-26H,16-17H2,1-5H3,(H,35,36)/t25-,26?/m1/s1. The summed E-state index contributed by atoms with van der Waals surface area (Å²) in [5.74, 6) is -1.13. The quantitative estimate of drug-likeness (QED) is 0.226. The monoisotopic (exact) mass is 581 g/mol. The summed E-state index contributed by atoms with van der Waals surface area (Å²) >= 11 is 7.65. The number of carbonyl (C=O) groups excluding carboxylic acids is 2. The van der Waals surface area contributed by atoms with Crippen molar-refractivity contribution in [2.24, 2.45) is 5.92 Å². The maximum atomic E-state index is 13.8. The second kappa shape index (κ2) is 11.9. The molecule has 1 aliphatic rings. The number of ketones is 1. The minimum atomic E-state index is -1.41.